The van der Waals surface area contributed by atoms with Crippen molar-refractivity contribution in [1.29, 1.82) is 0 Å². The van der Waals surface area contributed by atoms with Crippen LogP contribution in [0.5, 0.6) is 0 Å². The summed E-state index contributed by atoms with van der Waals surface area (Å²) in [6.07, 6.45) is 5.09. The molecule has 0 aromatic carbocycles. The molecule has 0 fully saturated rings. The Hall–Kier alpha value is -2.64. The number of carbonyl (C=O) groups is 1. The van der Waals surface area contributed by atoms with Gasteiger partial charge in [-0.25, -0.2) is 9.48 Å². The first kappa shape index (κ1) is 13.3. The molecule has 1 aliphatic rings. The number of hydrogen-bond donors (Lipinski definition) is 1. The van der Waals surface area contributed by atoms with Gasteiger partial charge < -0.3 is 10.1 Å². The van der Waals surface area contributed by atoms with Crippen LogP contribution in [0.3, 0.4) is 0 Å². The second kappa shape index (κ2) is 5.04. The Morgan fingerprint density at radius 1 is 1.48 bits per heavy atom. The lowest BCUT2D eigenvalue weighted by Crippen LogP contribution is -2.29. The third-order valence-electron chi connectivity index (χ3n) is 3.49. The van der Waals surface area contributed by atoms with E-state index in [1.807, 2.05) is 20.0 Å². The van der Waals surface area contributed by atoms with E-state index < -0.39 is 12.0 Å². The molecule has 2 aromatic heterocycles. The maximum Gasteiger partial charge on any atom is 0.338 e. The van der Waals surface area contributed by atoms with Gasteiger partial charge in [-0.05, 0) is 13.8 Å². The molecule has 21 heavy (non-hydrogen) atoms. The first-order valence-corrected chi connectivity index (χ1v) is 6.63. The number of hydrogen-bond acceptors (Lipinski definition) is 6. The molecular formula is C13H16N6O2. The first-order valence-electron chi connectivity index (χ1n) is 6.63. The van der Waals surface area contributed by atoms with Crippen LogP contribution in [-0.2, 0) is 16.1 Å². The number of allylic oxidation sites excluding steroid dienone is 1. The van der Waals surface area contributed by atoms with Gasteiger partial charge in [-0.1, -0.05) is 0 Å². The summed E-state index contributed by atoms with van der Waals surface area (Å²) in [6.45, 7) is 4.58. The summed E-state index contributed by atoms with van der Waals surface area (Å²) >= 11 is 0. The number of rotatable bonds is 3. The van der Waals surface area contributed by atoms with Gasteiger partial charge in [-0.2, -0.15) is 15.2 Å². The minimum absolute atomic E-state index is 0.392. The molecule has 1 atom stereocenters. The Morgan fingerprint density at radius 3 is 2.95 bits per heavy atom. The highest BCUT2D eigenvalue weighted by atomic mass is 16.5. The predicted octanol–water partition coefficient (Wildman–Crippen LogP) is 0.956. The average molecular weight is 288 g/mol. The normalized spacial score (nSPS) is 17.4. The molecule has 0 amide bonds. The van der Waals surface area contributed by atoms with Crippen LogP contribution in [0.1, 0.15) is 25.5 Å². The molecule has 2 aromatic rings. The lowest BCUT2D eigenvalue weighted by atomic mass is 9.98. The molecule has 3 heterocycles. The van der Waals surface area contributed by atoms with Crippen LogP contribution in [0.2, 0.25) is 0 Å². The highest BCUT2D eigenvalue weighted by Gasteiger charge is 2.34. The van der Waals surface area contributed by atoms with Crippen LogP contribution in [0.4, 0.5) is 5.95 Å². The van der Waals surface area contributed by atoms with Crippen LogP contribution in [0.15, 0.2) is 30.0 Å². The van der Waals surface area contributed by atoms with E-state index in [1.165, 1.54) is 13.4 Å². The number of methoxy groups -OCH3 is 1. The third kappa shape index (κ3) is 2.08. The number of esters is 1. The highest BCUT2D eigenvalue weighted by molar-refractivity contribution is 5.92. The van der Waals surface area contributed by atoms with Crippen LogP contribution in [0, 0.1) is 0 Å². The Kier molecular flexibility index (Phi) is 3.20. The van der Waals surface area contributed by atoms with Gasteiger partial charge in [0.2, 0.25) is 5.95 Å². The van der Waals surface area contributed by atoms with Gasteiger partial charge in [0.15, 0.2) is 0 Å². The summed E-state index contributed by atoms with van der Waals surface area (Å²) in [4.78, 5) is 16.3. The van der Waals surface area contributed by atoms with Crippen molar-refractivity contribution in [3.05, 3.63) is 35.6 Å². The Labute approximate surface area is 121 Å². The van der Waals surface area contributed by atoms with Gasteiger partial charge in [0.25, 0.3) is 0 Å². The molecule has 0 aliphatic carbocycles. The summed E-state index contributed by atoms with van der Waals surface area (Å²) in [5, 5.41) is 11.6. The quantitative estimate of drug-likeness (QED) is 0.846. The van der Waals surface area contributed by atoms with Gasteiger partial charge in [-0.3, -0.25) is 4.68 Å². The molecule has 0 spiro atoms. The van der Waals surface area contributed by atoms with Crippen molar-refractivity contribution in [2.45, 2.75) is 26.4 Å². The van der Waals surface area contributed by atoms with Crippen molar-refractivity contribution in [1.82, 2.24) is 24.5 Å². The van der Waals surface area contributed by atoms with Crippen molar-refractivity contribution < 1.29 is 9.53 Å². The number of nitrogens with zero attached hydrogens (tertiary/aromatic N) is 5. The van der Waals surface area contributed by atoms with Gasteiger partial charge in [0.05, 0.1) is 18.9 Å². The number of fused-ring (bicyclic) bond motifs is 1. The maximum atomic E-state index is 12.2. The zero-order valence-corrected chi connectivity index (χ0v) is 12.1. The minimum atomic E-state index is -0.393. The fourth-order valence-electron chi connectivity index (χ4n) is 2.47. The molecule has 0 saturated carbocycles. The van der Waals surface area contributed by atoms with E-state index in [9.17, 15) is 4.79 Å². The zero-order valence-electron chi connectivity index (χ0n) is 12.1. The van der Waals surface area contributed by atoms with Gasteiger partial charge in [0, 0.05) is 24.0 Å². The van der Waals surface area contributed by atoms with Crippen molar-refractivity contribution in [2.75, 3.05) is 12.4 Å². The summed E-state index contributed by atoms with van der Waals surface area (Å²) in [5.74, 6) is 0.199. The van der Waals surface area contributed by atoms with E-state index >= 15 is 0 Å². The molecule has 0 saturated heterocycles. The lowest BCUT2D eigenvalue weighted by Gasteiger charge is -2.26. The molecule has 0 radical (unpaired) electrons. The van der Waals surface area contributed by atoms with Crippen molar-refractivity contribution in [3.63, 3.8) is 0 Å². The Balaban J connectivity index is 2.15. The van der Waals surface area contributed by atoms with Crippen molar-refractivity contribution in [2.24, 2.45) is 0 Å². The molecule has 1 aliphatic heterocycles. The van der Waals surface area contributed by atoms with E-state index in [4.69, 9.17) is 4.74 Å². The second-order valence-electron chi connectivity index (χ2n) is 4.72. The van der Waals surface area contributed by atoms with Crippen LogP contribution >= 0.6 is 0 Å². The largest absolute Gasteiger partial charge is 0.466 e. The van der Waals surface area contributed by atoms with Crippen molar-refractivity contribution >= 4 is 11.9 Å². The summed E-state index contributed by atoms with van der Waals surface area (Å²) in [7, 11) is 1.37. The molecule has 1 N–H and O–H groups in total. The second-order valence-corrected chi connectivity index (χ2v) is 4.72. The van der Waals surface area contributed by atoms with E-state index in [0.717, 1.165) is 12.1 Å². The number of aromatic nitrogens is 5. The van der Waals surface area contributed by atoms with Gasteiger partial charge >= 0.3 is 5.97 Å². The topological polar surface area (TPSA) is 86.9 Å². The first-order chi connectivity index (χ1) is 10.2. The summed E-state index contributed by atoms with van der Waals surface area (Å²) in [6, 6.07) is -0.392. The predicted molar refractivity (Wildman–Crippen MR) is 74.4 cm³/mol. The molecule has 0 unspecified atom stereocenters. The number of nitrogens with one attached hydrogen (secondary N) is 1. The average Bonchev–Trinajstić information content (AvgIpc) is 3.13. The molecule has 8 nitrogen and oxygen atoms in total. The Bertz CT molecular complexity index is 714. The number of ether oxygens (including phenoxy) is 1. The monoisotopic (exact) mass is 288 g/mol. The third-order valence-corrected chi connectivity index (χ3v) is 3.49. The number of aryl methyl sites for hydroxylation is 1. The van der Waals surface area contributed by atoms with E-state index in [0.29, 0.717) is 17.2 Å². The molecule has 8 heteroatoms. The summed E-state index contributed by atoms with van der Waals surface area (Å²) < 4.78 is 8.38. The van der Waals surface area contributed by atoms with Crippen LogP contribution in [0.25, 0.3) is 0 Å². The number of carbonyl (C=O) groups excluding carboxylic acids is 1. The maximum absolute atomic E-state index is 12.2. The lowest BCUT2D eigenvalue weighted by molar-refractivity contribution is -0.136. The number of anilines is 1. The molecule has 0 bridgehead atoms. The standard InChI is InChI=1S/C13H16N6O2/c1-4-18-6-9(5-15-18)11-10(12(20)21-3)8(2)17-13-14-7-16-19(11)13/h5-7,11H,4H2,1-3H3,(H,14,16,17)/t11-/m0/s1. The molecule has 3 rings (SSSR count). The zero-order chi connectivity index (χ0) is 15.0. The van der Waals surface area contributed by atoms with Crippen molar-refractivity contribution in [3.8, 4) is 0 Å². The minimum Gasteiger partial charge on any atom is -0.466 e. The van der Waals surface area contributed by atoms with E-state index in [2.05, 4.69) is 20.5 Å². The summed E-state index contributed by atoms with van der Waals surface area (Å²) in [5.41, 5.74) is 2.08. The smallest absolute Gasteiger partial charge is 0.338 e. The van der Waals surface area contributed by atoms with Gasteiger partial charge in [-0.15, -0.1) is 0 Å². The van der Waals surface area contributed by atoms with Gasteiger partial charge in [0.1, 0.15) is 12.4 Å². The van der Waals surface area contributed by atoms with E-state index in [1.54, 1.807) is 15.6 Å². The van der Waals surface area contributed by atoms with E-state index in [-0.39, 0.29) is 0 Å². The molecular weight excluding hydrogens is 272 g/mol. The Morgan fingerprint density at radius 2 is 2.29 bits per heavy atom. The van der Waals surface area contributed by atoms with Crippen LogP contribution in [-0.4, -0.2) is 37.6 Å². The SMILES string of the molecule is CCn1cc([C@H]2C(C(=O)OC)=C(C)Nc3ncnn32)cn1. The highest BCUT2D eigenvalue weighted by Crippen LogP contribution is 2.34. The van der Waals surface area contributed by atoms with Crippen LogP contribution < -0.4 is 5.32 Å². The fraction of sp³-hybridized carbons (Fsp3) is 0.385. The fourth-order valence-corrected chi connectivity index (χ4v) is 2.47. The molecule has 110 valence electrons.